The quantitative estimate of drug-likeness (QED) is 0.0203. The second-order valence-electron chi connectivity index (χ2n) is 29.2. The number of carboxylic acid groups (broad SMARTS) is 1. The van der Waals surface area contributed by atoms with Gasteiger partial charge in [0.15, 0.2) is 0 Å². The molecule has 118 heavy (non-hydrogen) atoms. The maximum absolute atomic E-state index is 15.6. The van der Waals surface area contributed by atoms with Gasteiger partial charge in [0, 0.05) is 79.9 Å². The third-order valence-corrected chi connectivity index (χ3v) is 20.7. The fraction of sp³-hybridized carbons (Fsp3) is 0.494. The summed E-state index contributed by atoms with van der Waals surface area (Å²) in [6.07, 6.45) is -0.215. The minimum Gasteiger partial charge on any atom is -0.480 e. The van der Waals surface area contributed by atoms with Crippen molar-refractivity contribution in [3.8, 4) is 0 Å². The van der Waals surface area contributed by atoms with Gasteiger partial charge in [0.2, 0.25) is 65.0 Å². The number of benzene rings is 3. The molecule has 640 valence electrons. The molecule has 39 heteroatoms. The summed E-state index contributed by atoms with van der Waals surface area (Å²) < 4.78 is 1.14. The Morgan fingerprint density at radius 1 is 0.669 bits per heavy atom. The number of carbonyl (C=O) groups is 14. The van der Waals surface area contributed by atoms with Gasteiger partial charge in [0.25, 0.3) is 5.91 Å². The Bertz CT molecular complexity index is 4350. The van der Waals surface area contributed by atoms with Gasteiger partial charge in [-0.1, -0.05) is 74.1 Å². The van der Waals surface area contributed by atoms with Crippen molar-refractivity contribution in [2.75, 3.05) is 59.4 Å². The number of carboxylic acids is 1. The molecule has 4 heterocycles. The molecule has 0 saturated carbocycles. The highest BCUT2D eigenvalue weighted by atomic mass is 32.2. The van der Waals surface area contributed by atoms with Crippen LogP contribution >= 0.6 is 11.8 Å². The molecule has 0 aliphatic carbocycles. The molecule has 7 rings (SSSR count). The molecule has 2 saturated heterocycles. The van der Waals surface area contributed by atoms with Crippen LogP contribution in [0.1, 0.15) is 126 Å². The van der Waals surface area contributed by atoms with E-state index in [1.54, 1.807) is 123 Å². The zero-order chi connectivity index (χ0) is 86.3. The number of nitrogens with one attached hydrogen (secondary N) is 11. The monoisotopic (exact) mass is 1660 g/mol. The number of nitrogens with two attached hydrogens (primary N) is 5. The Kier molecular flexibility index (Phi) is 37.0. The van der Waals surface area contributed by atoms with Crippen molar-refractivity contribution in [3.05, 3.63) is 120 Å². The number of aliphatic carboxylic acids is 1. The number of likely N-dealkylation sites (tertiary alicyclic amines) is 1. The van der Waals surface area contributed by atoms with Crippen molar-refractivity contribution in [3.63, 3.8) is 0 Å². The summed E-state index contributed by atoms with van der Waals surface area (Å²) in [4.78, 5) is 207. The number of aliphatic hydroxyl groups is 2. The molecule has 2 aliphatic heterocycles. The summed E-state index contributed by atoms with van der Waals surface area (Å²) in [6, 6.07) is 8.87. The molecular weight excluding hydrogens is 1550 g/mol. The first-order valence-electron chi connectivity index (χ1n) is 39.3. The molecule has 2 aliphatic rings. The second kappa shape index (κ2) is 46.6. The van der Waals surface area contributed by atoms with Gasteiger partial charge >= 0.3 is 12.0 Å². The average Bonchev–Trinajstić information content (AvgIpc) is 1.62. The number of amides is 13. The van der Waals surface area contributed by atoms with Crippen LogP contribution in [0.4, 0.5) is 4.79 Å². The molecule has 13 amide bonds. The number of hydrogen-bond donors (Lipinski definition) is 19. The van der Waals surface area contributed by atoms with E-state index in [1.807, 2.05) is 0 Å². The third-order valence-electron chi connectivity index (χ3n) is 19.7. The van der Waals surface area contributed by atoms with Crippen LogP contribution in [0, 0.1) is 5.92 Å². The largest absolute Gasteiger partial charge is 0.480 e. The smallest absolute Gasteiger partial charge is 0.345 e. The van der Waals surface area contributed by atoms with Gasteiger partial charge in [0.05, 0.1) is 34.7 Å². The zero-order valence-electron chi connectivity index (χ0n) is 66.7. The molecule has 0 unspecified atom stereocenters. The van der Waals surface area contributed by atoms with E-state index in [9.17, 15) is 77.6 Å². The standard InChI is InChI=1S/C79H111N21O17S/c1-44(2)40-60-74(111)90-55(26-32-80)69(106)89-58(29-35-83)73(110)96-66(45(3)101)76(113)87-37-30-59(72(109)88-56(27-33-81)71(108)94-61(75(112)93-60)41-47-14-7-6-8-15-47)91-70(107)57(28-34-82)92-77(114)67(46(4)102)95-64(103)31-39-98(43-49-17-13-38-99(49)65(104)25-23-53(84)78(115)116)79(117)100-62-42-50(118-63-19-10-9-18-52(63)68(105)85-5)21-22-51(62)54(97-100)24-20-48-16-11-12-36-86-48/h6-12,14-16,18-22,24,36,42,44-46,49,53,55-61,66-67,101-102H,13,17,23,25-35,37-41,43,80-84H2,1-5H3,(H,85,105)(H,87,113)(H,88,109)(H,89,106)(H,90,111)(H,91,107)(H,92,114)(H,93,112)(H,94,108)(H,95,103)(H,96,110)(H,115,116)/b24-20+/t45-,46-,49+,53+,55+,56+,57+,58+,59+,60+,61-,66+,67+/m1/s1. The zero-order valence-corrected chi connectivity index (χ0v) is 67.5. The summed E-state index contributed by atoms with van der Waals surface area (Å²) in [5.41, 5.74) is 31.8. The number of pyridine rings is 1. The number of aromatic nitrogens is 3. The van der Waals surface area contributed by atoms with Crippen LogP contribution in [0.25, 0.3) is 23.1 Å². The summed E-state index contributed by atoms with van der Waals surface area (Å²) in [5.74, 6) is -12.1. The van der Waals surface area contributed by atoms with Crippen molar-refractivity contribution < 1.29 is 82.4 Å². The van der Waals surface area contributed by atoms with E-state index < -0.39 is 182 Å². The van der Waals surface area contributed by atoms with Gasteiger partial charge in [-0.25, -0.2) is 4.79 Å². The highest BCUT2D eigenvalue weighted by Crippen LogP contribution is 2.34. The van der Waals surface area contributed by atoms with Gasteiger partial charge in [-0.15, -0.1) is 0 Å². The summed E-state index contributed by atoms with van der Waals surface area (Å²) in [6.45, 7) is 4.10. The summed E-state index contributed by atoms with van der Waals surface area (Å²) >= 11 is 1.24. The second-order valence-corrected chi connectivity index (χ2v) is 30.4. The number of nitrogens with zero attached hydrogens (tertiary/aromatic N) is 5. The number of hydrogen-bond acceptors (Lipinski definition) is 24. The lowest BCUT2D eigenvalue weighted by atomic mass is 10.00. The first kappa shape index (κ1) is 93.8. The van der Waals surface area contributed by atoms with E-state index in [0.29, 0.717) is 50.5 Å². The molecule has 5 aromatic rings. The molecule has 0 radical (unpaired) electrons. The van der Waals surface area contributed by atoms with Gasteiger partial charge in [0.1, 0.15) is 60.4 Å². The lowest BCUT2D eigenvalue weighted by molar-refractivity contribution is -0.139. The summed E-state index contributed by atoms with van der Waals surface area (Å²) in [5, 5.41) is 65.3. The minimum atomic E-state index is -1.85. The predicted molar refractivity (Wildman–Crippen MR) is 436 cm³/mol. The Morgan fingerprint density at radius 3 is 1.89 bits per heavy atom. The average molecular weight is 1660 g/mol. The van der Waals surface area contributed by atoms with Crippen LogP contribution in [0.2, 0.25) is 0 Å². The van der Waals surface area contributed by atoms with E-state index in [2.05, 4.69) is 63.5 Å². The predicted octanol–water partition coefficient (Wildman–Crippen LogP) is -2.72. The Labute approximate surface area is 687 Å². The Hall–Kier alpha value is -11.3. The van der Waals surface area contributed by atoms with Gasteiger partial charge < -0.3 is 112 Å². The highest BCUT2D eigenvalue weighted by Gasteiger charge is 2.39. The lowest BCUT2D eigenvalue weighted by Crippen LogP contribution is -2.61. The van der Waals surface area contributed by atoms with Crippen molar-refractivity contribution in [1.29, 1.82) is 0 Å². The highest BCUT2D eigenvalue weighted by molar-refractivity contribution is 7.99. The van der Waals surface area contributed by atoms with Crippen LogP contribution in [0.15, 0.2) is 107 Å². The van der Waals surface area contributed by atoms with Crippen LogP contribution in [0.3, 0.4) is 0 Å². The molecule has 0 bridgehead atoms. The number of rotatable bonds is 33. The Balaban J connectivity index is 1.18. The van der Waals surface area contributed by atoms with Gasteiger partial charge in [-0.05, 0) is 164 Å². The number of carbonyl (C=O) groups excluding carboxylic acids is 13. The third kappa shape index (κ3) is 27.7. The van der Waals surface area contributed by atoms with Crippen LogP contribution in [-0.2, 0) is 64.0 Å². The van der Waals surface area contributed by atoms with Gasteiger partial charge in [-0.3, -0.25) is 67.3 Å². The van der Waals surface area contributed by atoms with Crippen molar-refractivity contribution >= 4 is 118 Å². The van der Waals surface area contributed by atoms with E-state index in [1.165, 1.54) is 42.5 Å². The maximum atomic E-state index is 15.6. The molecule has 3 aromatic carbocycles. The van der Waals surface area contributed by atoms with Crippen molar-refractivity contribution in [2.24, 2.45) is 34.6 Å². The fourth-order valence-corrected chi connectivity index (χ4v) is 14.3. The van der Waals surface area contributed by atoms with E-state index in [4.69, 9.17) is 33.8 Å². The Morgan fingerprint density at radius 2 is 1.28 bits per heavy atom. The number of aliphatic hydroxyl groups excluding tert-OH is 2. The van der Waals surface area contributed by atoms with Crippen molar-refractivity contribution in [2.45, 2.75) is 193 Å². The molecule has 24 N–H and O–H groups in total. The van der Waals surface area contributed by atoms with E-state index >= 15 is 4.79 Å². The SMILES string of the molecule is CNC(=O)c1ccccc1Sc1ccc2c(/C=C/c3ccccn3)nn(C(=O)N(CCC(=O)N[C@H](C(=O)N[C@@H](CCN)C(=O)N[C@H]3CCNC(=O)[C@H]([C@@H](C)O)NC(=O)[C@H](CCN)NC(=O)[C@H](CCN)NC(=O)[C@H](CC(C)C)NC(=O)[C@@H](Cc4ccccc4)NC(=O)[C@H](CCN)NC3=O)[C@@H](C)O)C[C@@H]3CCCN3C(=O)CC[C@H](N)C(=O)O)c2c1. The van der Waals surface area contributed by atoms with Gasteiger partial charge in [-0.2, -0.15) is 9.78 Å². The fourth-order valence-electron chi connectivity index (χ4n) is 13.3. The number of fused-ring (bicyclic) bond motifs is 1. The molecule has 2 fully saturated rings. The first-order chi connectivity index (χ1) is 56.4. The molecular formula is C79H111N21O17S. The molecule has 0 spiro atoms. The maximum Gasteiger partial charge on any atom is 0.345 e. The molecule has 38 nitrogen and oxygen atoms in total. The van der Waals surface area contributed by atoms with E-state index in [0.717, 1.165) is 4.68 Å². The first-order valence-corrected chi connectivity index (χ1v) is 40.1. The lowest BCUT2D eigenvalue weighted by Gasteiger charge is -2.31. The minimum absolute atomic E-state index is 0.00968. The summed E-state index contributed by atoms with van der Waals surface area (Å²) in [7, 11) is 1.51. The van der Waals surface area contributed by atoms with Crippen LogP contribution in [0.5, 0.6) is 0 Å². The van der Waals surface area contributed by atoms with Crippen LogP contribution < -0.4 is 87.2 Å². The molecule has 13 atom stereocenters. The molecule has 2 aromatic heterocycles. The topological polar surface area (TPSA) is 599 Å². The van der Waals surface area contributed by atoms with E-state index in [-0.39, 0.29) is 108 Å². The van der Waals surface area contributed by atoms with Crippen LogP contribution in [-0.4, -0.2) is 261 Å². The normalized spacial score (nSPS) is 20.8. The van der Waals surface area contributed by atoms with Crippen molar-refractivity contribution in [1.82, 2.24) is 83.0 Å².